The molecule has 0 radical (unpaired) electrons. The average molecular weight is 231 g/mol. The van der Waals surface area contributed by atoms with Crippen LogP contribution >= 0.6 is 0 Å². The molecule has 0 atom stereocenters. The van der Waals surface area contributed by atoms with Crippen molar-refractivity contribution in [1.29, 1.82) is 0 Å². The number of rotatable bonds is 3. The Balaban J connectivity index is 2.10. The molecule has 1 N–H and O–H groups in total. The van der Waals surface area contributed by atoms with E-state index in [0.29, 0.717) is 11.3 Å². The molecule has 0 aliphatic heterocycles. The number of hydrogen-bond donors (Lipinski definition) is 1. The predicted octanol–water partition coefficient (Wildman–Crippen LogP) is 2.85. The molecule has 0 fully saturated rings. The fourth-order valence-corrected chi connectivity index (χ4v) is 1.49. The Hall–Kier alpha value is -2.23. The van der Waals surface area contributed by atoms with E-state index in [9.17, 15) is 4.79 Å². The van der Waals surface area contributed by atoms with E-state index >= 15 is 0 Å². The van der Waals surface area contributed by atoms with Gasteiger partial charge in [-0.15, -0.1) is 0 Å². The second-order valence-electron chi connectivity index (χ2n) is 3.57. The zero-order valence-electron chi connectivity index (χ0n) is 9.69. The van der Waals surface area contributed by atoms with Crippen molar-refractivity contribution in [2.45, 2.75) is 6.92 Å². The SMILES string of the molecule is COc1ccc(NC(=O)c2ccoc2C)cc1. The van der Waals surface area contributed by atoms with Crippen LogP contribution < -0.4 is 10.1 Å². The van der Waals surface area contributed by atoms with E-state index in [1.165, 1.54) is 6.26 Å². The lowest BCUT2D eigenvalue weighted by Crippen LogP contribution is -2.11. The van der Waals surface area contributed by atoms with Crippen LogP contribution in [0.5, 0.6) is 5.75 Å². The lowest BCUT2D eigenvalue weighted by molar-refractivity contribution is 0.102. The maximum Gasteiger partial charge on any atom is 0.259 e. The summed E-state index contributed by atoms with van der Waals surface area (Å²) in [7, 11) is 1.60. The van der Waals surface area contributed by atoms with E-state index in [1.54, 1.807) is 44.4 Å². The highest BCUT2D eigenvalue weighted by Gasteiger charge is 2.11. The summed E-state index contributed by atoms with van der Waals surface area (Å²) in [5.74, 6) is 1.18. The number of methoxy groups -OCH3 is 1. The summed E-state index contributed by atoms with van der Waals surface area (Å²) in [5.41, 5.74) is 1.26. The molecule has 0 unspecified atom stereocenters. The van der Waals surface area contributed by atoms with Gasteiger partial charge in [-0.1, -0.05) is 0 Å². The molecule has 0 aliphatic carbocycles. The number of carbonyl (C=O) groups excluding carboxylic acids is 1. The van der Waals surface area contributed by atoms with Gasteiger partial charge in [0.25, 0.3) is 5.91 Å². The molecular formula is C13H13NO3. The van der Waals surface area contributed by atoms with E-state index in [-0.39, 0.29) is 5.91 Å². The van der Waals surface area contributed by atoms with Crippen LogP contribution in [-0.4, -0.2) is 13.0 Å². The average Bonchev–Trinajstić information content (AvgIpc) is 2.76. The van der Waals surface area contributed by atoms with Gasteiger partial charge in [0.1, 0.15) is 11.5 Å². The molecule has 2 aromatic rings. The highest BCUT2D eigenvalue weighted by Crippen LogP contribution is 2.17. The second kappa shape index (κ2) is 4.74. The first kappa shape index (κ1) is 11.3. The summed E-state index contributed by atoms with van der Waals surface area (Å²) in [6, 6.07) is 8.79. The van der Waals surface area contributed by atoms with Crippen LogP contribution in [0, 0.1) is 6.92 Å². The number of anilines is 1. The van der Waals surface area contributed by atoms with Crippen molar-refractivity contribution in [3.05, 3.63) is 47.9 Å². The van der Waals surface area contributed by atoms with Crippen LogP contribution in [0.2, 0.25) is 0 Å². The predicted molar refractivity (Wildman–Crippen MR) is 64.4 cm³/mol. The largest absolute Gasteiger partial charge is 0.497 e. The van der Waals surface area contributed by atoms with Crippen LogP contribution in [0.4, 0.5) is 5.69 Å². The van der Waals surface area contributed by atoms with Crippen LogP contribution in [0.25, 0.3) is 0 Å². The number of aryl methyl sites for hydroxylation is 1. The van der Waals surface area contributed by atoms with Gasteiger partial charge in [0.15, 0.2) is 0 Å². The maximum absolute atomic E-state index is 11.8. The molecule has 17 heavy (non-hydrogen) atoms. The minimum absolute atomic E-state index is 0.179. The van der Waals surface area contributed by atoms with Crippen molar-refractivity contribution in [1.82, 2.24) is 0 Å². The standard InChI is InChI=1S/C13H13NO3/c1-9-12(7-8-17-9)13(15)14-10-3-5-11(16-2)6-4-10/h3-8H,1-2H3,(H,14,15). The monoisotopic (exact) mass is 231 g/mol. The third kappa shape index (κ3) is 2.47. The van der Waals surface area contributed by atoms with E-state index < -0.39 is 0 Å². The van der Waals surface area contributed by atoms with E-state index in [4.69, 9.17) is 9.15 Å². The molecule has 1 aromatic carbocycles. The molecule has 0 spiro atoms. The Kier molecular flexibility index (Phi) is 3.14. The fraction of sp³-hybridized carbons (Fsp3) is 0.154. The number of furan rings is 1. The normalized spacial score (nSPS) is 10.0. The van der Waals surface area contributed by atoms with Gasteiger partial charge in [-0.05, 0) is 37.3 Å². The van der Waals surface area contributed by atoms with Crippen molar-refractivity contribution >= 4 is 11.6 Å². The van der Waals surface area contributed by atoms with Crippen LogP contribution in [0.1, 0.15) is 16.1 Å². The number of carbonyl (C=O) groups is 1. The zero-order valence-corrected chi connectivity index (χ0v) is 9.69. The molecule has 88 valence electrons. The van der Waals surface area contributed by atoms with Crippen LogP contribution in [0.15, 0.2) is 41.0 Å². The van der Waals surface area contributed by atoms with Gasteiger partial charge < -0.3 is 14.5 Å². The van der Waals surface area contributed by atoms with Gasteiger partial charge in [0.05, 0.1) is 18.9 Å². The third-order valence-corrected chi connectivity index (χ3v) is 2.45. The molecule has 0 saturated carbocycles. The van der Waals surface area contributed by atoms with Crippen molar-refractivity contribution in [2.24, 2.45) is 0 Å². The molecule has 4 heteroatoms. The Morgan fingerprint density at radius 2 is 1.94 bits per heavy atom. The lowest BCUT2D eigenvalue weighted by Gasteiger charge is -2.05. The first-order valence-corrected chi connectivity index (χ1v) is 5.20. The fourth-order valence-electron chi connectivity index (χ4n) is 1.49. The van der Waals surface area contributed by atoms with Crippen molar-refractivity contribution in [2.75, 3.05) is 12.4 Å². The molecule has 0 aliphatic rings. The maximum atomic E-state index is 11.8. The zero-order chi connectivity index (χ0) is 12.3. The van der Waals surface area contributed by atoms with E-state index in [1.807, 2.05) is 0 Å². The highest BCUT2D eigenvalue weighted by molar-refractivity contribution is 6.04. The number of nitrogens with one attached hydrogen (secondary N) is 1. The van der Waals surface area contributed by atoms with Gasteiger partial charge in [-0.2, -0.15) is 0 Å². The molecule has 4 nitrogen and oxygen atoms in total. The molecular weight excluding hydrogens is 218 g/mol. The summed E-state index contributed by atoms with van der Waals surface area (Å²) >= 11 is 0. The highest BCUT2D eigenvalue weighted by atomic mass is 16.5. The van der Waals surface area contributed by atoms with Gasteiger partial charge >= 0.3 is 0 Å². The Labute approximate surface area is 99.2 Å². The van der Waals surface area contributed by atoms with Crippen LogP contribution in [-0.2, 0) is 0 Å². The Morgan fingerprint density at radius 1 is 1.24 bits per heavy atom. The number of hydrogen-bond acceptors (Lipinski definition) is 3. The summed E-state index contributed by atoms with van der Waals surface area (Å²) in [5, 5.41) is 2.78. The van der Waals surface area contributed by atoms with Gasteiger partial charge in [0.2, 0.25) is 0 Å². The Bertz CT molecular complexity index is 514. The summed E-state index contributed by atoms with van der Waals surface area (Å²) in [6.07, 6.45) is 1.50. The minimum Gasteiger partial charge on any atom is -0.497 e. The molecule has 2 rings (SSSR count). The van der Waals surface area contributed by atoms with E-state index in [2.05, 4.69) is 5.32 Å². The van der Waals surface area contributed by atoms with Gasteiger partial charge in [-0.3, -0.25) is 4.79 Å². The molecule has 0 bridgehead atoms. The van der Waals surface area contributed by atoms with Gasteiger partial charge in [-0.25, -0.2) is 0 Å². The van der Waals surface area contributed by atoms with Crippen molar-refractivity contribution < 1.29 is 13.9 Å². The lowest BCUT2D eigenvalue weighted by atomic mass is 10.2. The third-order valence-electron chi connectivity index (χ3n) is 2.45. The molecule has 1 heterocycles. The molecule has 1 amide bonds. The van der Waals surface area contributed by atoms with E-state index in [0.717, 1.165) is 11.4 Å². The van der Waals surface area contributed by atoms with Crippen molar-refractivity contribution in [3.63, 3.8) is 0 Å². The van der Waals surface area contributed by atoms with Gasteiger partial charge in [0, 0.05) is 5.69 Å². The van der Waals surface area contributed by atoms with Crippen molar-refractivity contribution in [3.8, 4) is 5.75 Å². The second-order valence-corrected chi connectivity index (χ2v) is 3.57. The number of benzene rings is 1. The first-order valence-electron chi connectivity index (χ1n) is 5.20. The minimum atomic E-state index is -0.179. The summed E-state index contributed by atoms with van der Waals surface area (Å²) in [6.45, 7) is 1.75. The topological polar surface area (TPSA) is 51.5 Å². The number of amides is 1. The first-order chi connectivity index (χ1) is 8.20. The van der Waals surface area contributed by atoms with Crippen LogP contribution in [0.3, 0.4) is 0 Å². The summed E-state index contributed by atoms with van der Waals surface area (Å²) < 4.78 is 10.1. The smallest absolute Gasteiger partial charge is 0.259 e. The Morgan fingerprint density at radius 3 is 2.47 bits per heavy atom. The molecule has 1 aromatic heterocycles. The number of ether oxygens (including phenoxy) is 1. The summed E-state index contributed by atoms with van der Waals surface area (Å²) in [4.78, 5) is 11.8. The molecule has 0 saturated heterocycles. The quantitative estimate of drug-likeness (QED) is 0.883.